The van der Waals surface area contributed by atoms with Crippen molar-refractivity contribution in [2.45, 2.75) is 64.2 Å². The first-order valence-corrected chi connectivity index (χ1v) is 6.00. The van der Waals surface area contributed by atoms with Gasteiger partial charge >= 0.3 is 75.4 Å². The molecule has 18 heavy (non-hydrogen) atoms. The van der Waals surface area contributed by atoms with E-state index in [9.17, 15) is 0 Å². The zero-order valence-corrected chi connectivity index (χ0v) is 13.9. The van der Waals surface area contributed by atoms with Crippen molar-refractivity contribution < 1.29 is 75.4 Å². The molecule has 0 heterocycles. The van der Waals surface area contributed by atoms with E-state index >= 15 is 0 Å². The Bertz CT molecular complexity index is 70.2. The Hall–Kier alpha value is 2.39. The summed E-state index contributed by atoms with van der Waals surface area (Å²) in [5.74, 6) is 0. The molecule has 0 saturated heterocycles. The summed E-state index contributed by atoms with van der Waals surface area (Å²) in [6.07, 6.45) is 12.3. The summed E-state index contributed by atoms with van der Waals surface area (Å²) in [7, 11) is 0. The fourth-order valence-corrected chi connectivity index (χ4v) is 1.06. The van der Waals surface area contributed by atoms with Gasteiger partial charge in [0.15, 0.2) is 0 Å². The summed E-state index contributed by atoms with van der Waals surface area (Å²) in [5, 5.41) is 0. The van der Waals surface area contributed by atoms with Crippen LogP contribution in [0.2, 0.25) is 0 Å². The predicted molar refractivity (Wildman–Crippen MR) is 67.6 cm³/mol. The first-order valence-electron chi connectivity index (χ1n) is 6.00. The van der Waals surface area contributed by atoms with Gasteiger partial charge in [-0.1, -0.05) is 38.5 Å². The van der Waals surface area contributed by atoms with Crippen LogP contribution in [-0.4, -0.2) is 0 Å². The molecule has 0 aromatic carbocycles. The molecule has 0 aliphatic heterocycles. The van der Waals surface area contributed by atoms with Crippen molar-refractivity contribution in [1.29, 1.82) is 0 Å². The van der Waals surface area contributed by atoms with Gasteiger partial charge in [-0.2, -0.15) is 12.8 Å². The molecule has 0 aliphatic rings. The Labute approximate surface area is 166 Å². The van der Waals surface area contributed by atoms with Gasteiger partial charge in [0.1, 0.15) is 0 Å². The summed E-state index contributed by atoms with van der Waals surface area (Å²) < 4.78 is 0. The first-order chi connectivity index (χ1) is 6.83. The summed E-state index contributed by atoms with van der Waals surface area (Å²) >= 11 is 0. The second kappa shape index (κ2) is 42.7. The van der Waals surface area contributed by atoms with Crippen molar-refractivity contribution in [3.63, 3.8) is 0 Å². The van der Waals surface area contributed by atoms with E-state index < -0.39 is 0 Å². The maximum atomic E-state index is 3.81. The van der Waals surface area contributed by atoms with Crippen LogP contribution in [0.25, 0.3) is 0 Å². The minimum Gasteiger partial charge on any atom is -0.346 e. The zero-order valence-electron chi connectivity index (χ0n) is 13.9. The van der Waals surface area contributed by atoms with Gasteiger partial charge in [0, 0.05) is 0 Å². The summed E-state index contributed by atoms with van der Waals surface area (Å²) in [6, 6.07) is 0. The third-order valence-electron chi connectivity index (χ3n) is 2.00. The van der Waals surface area contributed by atoms with E-state index in [2.05, 4.69) is 27.7 Å². The summed E-state index contributed by atoms with van der Waals surface area (Å²) in [5.41, 5.74) is 0. The number of hydrogen-bond acceptors (Lipinski definition) is 0. The van der Waals surface area contributed by atoms with Crippen LogP contribution in [0.3, 0.4) is 0 Å². The number of rotatable bonds is 8. The third kappa shape index (κ3) is 51.5. The average Bonchev–Trinajstić information content (AvgIpc) is 2.24. The Morgan fingerprint density at radius 3 is 0.722 bits per heavy atom. The summed E-state index contributed by atoms with van der Waals surface area (Å²) in [4.78, 5) is 0. The average molecular weight is 224 g/mol. The Kier molecular flexibility index (Phi) is 87.9. The minimum atomic E-state index is 0. The Morgan fingerprint density at radius 1 is 0.333 bits per heavy atom. The van der Waals surface area contributed by atoms with Gasteiger partial charge in [-0.15, -0.1) is 0 Å². The van der Waals surface area contributed by atoms with Gasteiger partial charge in [-0.25, -0.2) is 12.8 Å². The molecule has 0 aliphatic carbocycles. The maximum Gasteiger partial charge on any atom is 1.00 e. The van der Waals surface area contributed by atoms with Gasteiger partial charge < -0.3 is 27.7 Å². The molecule has 0 amide bonds. The van der Waals surface area contributed by atoms with Gasteiger partial charge in [-0.05, 0) is 0 Å². The molecule has 0 rings (SSSR count). The van der Waals surface area contributed by atoms with Crippen molar-refractivity contribution in [2.24, 2.45) is 0 Å². The van der Waals surface area contributed by atoms with Crippen molar-refractivity contribution in [2.75, 3.05) is 0 Å². The molecule has 0 bridgehead atoms. The third-order valence-corrected chi connectivity index (χ3v) is 2.00. The Morgan fingerprint density at radius 2 is 0.556 bits per heavy atom. The van der Waals surface area contributed by atoms with Gasteiger partial charge in [0.2, 0.25) is 0 Å². The van der Waals surface area contributed by atoms with E-state index in [1.165, 1.54) is 38.5 Å². The SMILES string of the molecule is [CH2-]CCCCCCCC[CH2-].[CH2-]CC[CH2-].[Li+].[Li+].[Li+].[Li+]. The molecule has 0 N–H and O–H groups in total. The van der Waals surface area contributed by atoms with Crippen LogP contribution >= 0.6 is 0 Å². The van der Waals surface area contributed by atoms with E-state index in [1.54, 1.807) is 0 Å². The monoisotopic (exact) mass is 224 g/mol. The molecule has 4 heteroatoms. The molecule has 0 atom stereocenters. The molecule has 0 spiro atoms. The fourth-order valence-electron chi connectivity index (χ4n) is 1.06. The van der Waals surface area contributed by atoms with Crippen LogP contribution in [0.1, 0.15) is 64.2 Å². The van der Waals surface area contributed by atoms with E-state index in [1.807, 2.05) is 0 Å². The second-order valence-corrected chi connectivity index (χ2v) is 3.54. The molecule has 0 aromatic rings. The standard InChI is InChI=1S/C10H20.C4H8.4Li/c1-3-5-7-9-10-8-6-4-2;1-3-4-2;;;;/h1-10H2;1-4H2;;;;/q2*-2;4*+1. The predicted octanol–water partition coefficient (Wildman–Crippen LogP) is -6.77. The van der Waals surface area contributed by atoms with Gasteiger partial charge in [-0.3, -0.25) is 0 Å². The molecule has 0 radical (unpaired) electrons. The van der Waals surface area contributed by atoms with Crippen molar-refractivity contribution >= 4 is 0 Å². The van der Waals surface area contributed by atoms with Crippen LogP contribution in [0, 0.1) is 27.7 Å². The van der Waals surface area contributed by atoms with E-state index in [0.717, 1.165) is 25.7 Å². The second-order valence-electron chi connectivity index (χ2n) is 3.54. The molecule has 0 saturated carbocycles. The van der Waals surface area contributed by atoms with Crippen molar-refractivity contribution in [3.05, 3.63) is 27.7 Å². The fraction of sp³-hybridized carbons (Fsp3) is 0.714. The largest absolute Gasteiger partial charge is 1.00 e. The number of unbranched alkanes of at least 4 members (excludes halogenated alkanes) is 8. The zero-order chi connectivity index (χ0) is 11.1. The van der Waals surface area contributed by atoms with Crippen LogP contribution in [0.5, 0.6) is 0 Å². The van der Waals surface area contributed by atoms with Crippen LogP contribution in [0.15, 0.2) is 0 Å². The first kappa shape index (κ1) is 37.0. The van der Waals surface area contributed by atoms with Gasteiger partial charge in [0.05, 0.1) is 0 Å². The molecule has 0 nitrogen and oxygen atoms in total. The van der Waals surface area contributed by atoms with E-state index in [-0.39, 0.29) is 75.4 Å². The van der Waals surface area contributed by atoms with E-state index in [4.69, 9.17) is 0 Å². The molecule has 0 aromatic heterocycles. The van der Waals surface area contributed by atoms with Gasteiger partial charge in [0.25, 0.3) is 0 Å². The summed E-state index contributed by atoms with van der Waals surface area (Å²) in [6.45, 7) is 14.7. The Balaban J connectivity index is -0.0000000402. The molecular weight excluding hydrogens is 196 g/mol. The maximum absolute atomic E-state index is 3.81. The normalized spacial score (nSPS) is 7.33. The van der Waals surface area contributed by atoms with Crippen molar-refractivity contribution in [3.8, 4) is 0 Å². The quantitative estimate of drug-likeness (QED) is 0.218. The molecule has 0 unspecified atom stereocenters. The smallest absolute Gasteiger partial charge is 0.346 e. The minimum absolute atomic E-state index is 0. The van der Waals surface area contributed by atoms with Crippen LogP contribution < -0.4 is 75.4 Å². The van der Waals surface area contributed by atoms with Crippen LogP contribution in [0.4, 0.5) is 0 Å². The molecular formula is C14H28Li4. The van der Waals surface area contributed by atoms with Crippen LogP contribution in [-0.2, 0) is 0 Å². The number of hydrogen-bond donors (Lipinski definition) is 0. The van der Waals surface area contributed by atoms with E-state index in [0.29, 0.717) is 0 Å². The van der Waals surface area contributed by atoms with Crippen molar-refractivity contribution in [1.82, 2.24) is 0 Å². The molecule has 88 valence electrons. The molecule has 0 fully saturated rings. The topological polar surface area (TPSA) is 0 Å².